The Morgan fingerprint density at radius 2 is 0.939 bits per heavy atom. The Morgan fingerprint density at radius 1 is 0.545 bits per heavy atom. The Morgan fingerprint density at radius 3 is 1.39 bits per heavy atom. The van der Waals surface area contributed by atoms with Crippen LogP contribution in [0.4, 0.5) is 0 Å². The Balaban J connectivity index is 0.00000544. The van der Waals surface area contributed by atoms with Crippen LogP contribution in [0.25, 0.3) is 0 Å². The van der Waals surface area contributed by atoms with Crippen LogP contribution in [0.1, 0.15) is 141 Å². The van der Waals surface area contributed by atoms with Crippen molar-refractivity contribution in [1.82, 2.24) is 0 Å². The summed E-state index contributed by atoms with van der Waals surface area (Å²) in [5.74, 6) is 0. The van der Waals surface area contributed by atoms with Crippen molar-refractivity contribution in [3.05, 3.63) is 35.4 Å². The van der Waals surface area contributed by atoms with Crippen LogP contribution in [0.2, 0.25) is 0 Å². The van der Waals surface area contributed by atoms with Crippen LogP contribution < -0.4 is 12.4 Å². The smallest absolute Gasteiger partial charge is 0.105 e. The van der Waals surface area contributed by atoms with Gasteiger partial charge in [0.1, 0.15) is 6.54 Å². The van der Waals surface area contributed by atoms with Gasteiger partial charge in [-0.15, -0.1) is 0 Å². The summed E-state index contributed by atoms with van der Waals surface area (Å²) in [5.41, 5.74) is 3.27. The number of unbranched alkanes of at least 4 members (excludes halogenated alkanes) is 16. The number of benzene rings is 1. The molecule has 0 saturated heterocycles. The molecule has 33 heavy (non-hydrogen) atoms. The second-order valence-corrected chi connectivity index (χ2v) is 10.8. The Bertz CT molecular complexity index is 572. The minimum atomic E-state index is 0. The van der Waals surface area contributed by atoms with E-state index in [-0.39, 0.29) is 12.4 Å². The third-order valence-electron chi connectivity index (χ3n) is 7.95. The van der Waals surface area contributed by atoms with Crippen LogP contribution in [0.15, 0.2) is 24.3 Å². The molecular formula is C31H56ClN. The zero-order valence-electron chi connectivity index (χ0n) is 22.4. The molecule has 1 aromatic rings. The van der Waals surface area contributed by atoms with E-state index >= 15 is 0 Å². The van der Waals surface area contributed by atoms with Crippen molar-refractivity contribution in [3.8, 4) is 0 Å². The number of halogens is 1. The molecule has 0 N–H and O–H groups in total. The topological polar surface area (TPSA) is 0 Å². The highest BCUT2D eigenvalue weighted by molar-refractivity contribution is 5.27. The highest BCUT2D eigenvalue weighted by Crippen LogP contribution is 2.27. The fourth-order valence-electron chi connectivity index (χ4n) is 5.76. The maximum absolute atomic E-state index is 2.41. The van der Waals surface area contributed by atoms with Crippen LogP contribution in [-0.4, -0.2) is 24.1 Å². The Kier molecular flexibility index (Phi) is 18.2. The first kappa shape index (κ1) is 30.5. The second-order valence-electron chi connectivity index (χ2n) is 10.8. The maximum Gasteiger partial charge on any atom is 0.105 e. The summed E-state index contributed by atoms with van der Waals surface area (Å²) in [5, 5.41) is 0. The highest BCUT2D eigenvalue weighted by Gasteiger charge is 2.31. The van der Waals surface area contributed by atoms with Crippen molar-refractivity contribution in [2.24, 2.45) is 0 Å². The lowest BCUT2D eigenvalue weighted by Gasteiger charge is -2.42. The van der Waals surface area contributed by atoms with Gasteiger partial charge in [-0.25, -0.2) is 0 Å². The number of rotatable bonds is 20. The van der Waals surface area contributed by atoms with E-state index in [1.165, 1.54) is 153 Å². The van der Waals surface area contributed by atoms with Crippen molar-refractivity contribution in [3.63, 3.8) is 0 Å². The van der Waals surface area contributed by atoms with Crippen molar-refractivity contribution in [2.45, 2.75) is 142 Å². The molecule has 192 valence electrons. The van der Waals surface area contributed by atoms with E-state index in [0.717, 1.165) is 0 Å². The Labute approximate surface area is 214 Å². The number of hydrogen-bond donors (Lipinski definition) is 0. The quantitative estimate of drug-likeness (QED) is 0.146. The van der Waals surface area contributed by atoms with Crippen LogP contribution >= 0.6 is 0 Å². The zero-order valence-corrected chi connectivity index (χ0v) is 23.2. The van der Waals surface area contributed by atoms with Crippen LogP contribution in [-0.2, 0) is 13.0 Å². The third-order valence-corrected chi connectivity index (χ3v) is 7.95. The van der Waals surface area contributed by atoms with Gasteiger partial charge < -0.3 is 16.9 Å². The molecule has 1 aliphatic heterocycles. The summed E-state index contributed by atoms with van der Waals surface area (Å²) >= 11 is 0. The van der Waals surface area contributed by atoms with E-state index in [0.29, 0.717) is 0 Å². The second kappa shape index (κ2) is 19.7. The van der Waals surface area contributed by atoms with Gasteiger partial charge in [-0.3, -0.25) is 0 Å². The molecule has 2 rings (SSSR count). The first-order valence-corrected chi connectivity index (χ1v) is 14.7. The van der Waals surface area contributed by atoms with Gasteiger partial charge in [-0.2, -0.15) is 0 Å². The number of nitrogens with zero attached hydrogens (tertiary/aromatic N) is 1. The highest BCUT2D eigenvalue weighted by atomic mass is 35.5. The average molecular weight is 478 g/mol. The molecule has 0 fully saturated rings. The monoisotopic (exact) mass is 477 g/mol. The van der Waals surface area contributed by atoms with Gasteiger partial charge in [0.15, 0.2) is 0 Å². The van der Waals surface area contributed by atoms with E-state index in [4.69, 9.17) is 0 Å². The lowest BCUT2D eigenvalue weighted by atomic mass is 9.96. The standard InChI is InChI=1S/C31H56N.ClH/c1-3-5-7-9-11-12-13-14-15-16-18-22-27-32(26-21-17-10-8-6-4-2)28-25-30-23-19-20-24-31(30)29-32;/h19-20,23-24H,3-18,21-22,25-29H2,1-2H3;1H/q+1;/p-1. The van der Waals surface area contributed by atoms with Gasteiger partial charge in [-0.1, -0.05) is 128 Å². The van der Waals surface area contributed by atoms with Crippen LogP contribution in [0.3, 0.4) is 0 Å². The molecule has 0 bridgehead atoms. The van der Waals surface area contributed by atoms with E-state index in [9.17, 15) is 0 Å². The van der Waals surface area contributed by atoms with Crippen LogP contribution in [0, 0.1) is 0 Å². The van der Waals surface area contributed by atoms with Gasteiger partial charge in [0, 0.05) is 12.0 Å². The van der Waals surface area contributed by atoms with E-state index in [1.807, 2.05) is 0 Å². The summed E-state index contributed by atoms with van der Waals surface area (Å²) in [7, 11) is 0. The molecule has 0 spiro atoms. The van der Waals surface area contributed by atoms with Crippen molar-refractivity contribution >= 4 is 0 Å². The molecule has 0 saturated carbocycles. The molecule has 1 nitrogen and oxygen atoms in total. The lowest BCUT2D eigenvalue weighted by molar-refractivity contribution is -0.943. The molecule has 1 aromatic carbocycles. The summed E-state index contributed by atoms with van der Waals surface area (Å²) < 4.78 is 1.38. The van der Waals surface area contributed by atoms with Crippen molar-refractivity contribution < 1.29 is 16.9 Å². The SMILES string of the molecule is CCCCCCCCCCCCCC[N+]1(CCCCCCCC)CCc2ccccc2C1.[Cl-]. The largest absolute Gasteiger partial charge is 1.00 e. The molecule has 0 aromatic heterocycles. The molecule has 1 atom stereocenters. The minimum absolute atomic E-state index is 0. The van der Waals surface area contributed by atoms with Gasteiger partial charge in [0.05, 0.1) is 19.6 Å². The predicted molar refractivity (Wildman–Crippen MR) is 143 cm³/mol. The number of fused-ring (bicyclic) bond motifs is 1. The maximum atomic E-state index is 2.41. The van der Waals surface area contributed by atoms with Gasteiger partial charge in [0.25, 0.3) is 0 Å². The zero-order chi connectivity index (χ0) is 22.7. The number of hydrogen-bond acceptors (Lipinski definition) is 0. The first-order chi connectivity index (χ1) is 15.8. The van der Waals surface area contributed by atoms with E-state index in [2.05, 4.69) is 38.1 Å². The minimum Gasteiger partial charge on any atom is -1.00 e. The average Bonchev–Trinajstić information content (AvgIpc) is 2.82. The van der Waals surface area contributed by atoms with Gasteiger partial charge >= 0.3 is 0 Å². The fourth-order valence-corrected chi connectivity index (χ4v) is 5.76. The van der Waals surface area contributed by atoms with E-state index < -0.39 is 0 Å². The van der Waals surface area contributed by atoms with Crippen LogP contribution in [0.5, 0.6) is 0 Å². The van der Waals surface area contributed by atoms with Gasteiger partial charge in [0.2, 0.25) is 0 Å². The van der Waals surface area contributed by atoms with Crippen molar-refractivity contribution in [1.29, 1.82) is 0 Å². The third kappa shape index (κ3) is 13.2. The molecule has 0 radical (unpaired) electrons. The summed E-state index contributed by atoms with van der Waals surface area (Å²) in [6.45, 7) is 10.1. The fraction of sp³-hybridized carbons (Fsp3) is 0.806. The van der Waals surface area contributed by atoms with Gasteiger partial charge in [-0.05, 0) is 31.2 Å². The summed E-state index contributed by atoms with van der Waals surface area (Å²) in [4.78, 5) is 0. The molecule has 2 heteroatoms. The normalized spacial score (nSPS) is 17.5. The molecule has 0 amide bonds. The molecule has 1 unspecified atom stereocenters. The molecule has 0 aliphatic carbocycles. The molecular weight excluding hydrogens is 422 g/mol. The lowest BCUT2D eigenvalue weighted by Crippen LogP contribution is -3.00. The molecule has 1 heterocycles. The summed E-state index contributed by atoms with van der Waals surface area (Å²) in [6.07, 6.45) is 27.3. The van der Waals surface area contributed by atoms with E-state index in [1.54, 1.807) is 11.1 Å². The predicted octanol–water partition coefficient (Wildman–Crippen LogP) is 6.63. The van der Waals surface area contributed by atoms with Crippen molar-refractivity contribution in [2.75, 3.05) is 19.6 Å². The first-order valence-electron chi connectivity index (χ1n) is 14.7. The Hall–Kier alpha value is -0.530. The molecule has 1 aliphatic rings. The summed E-state index contributed by atoms with van der Waals surface area (Å²) in [6, 6.07) is 9.27. The number of quaternary nitrogens is 1.